The fourth-order valence-electron chi connectivity index (χ4n) is 2.79. The largest absolute Gasteiger partial charge is 0.417 e. The first-order valence-electron chi connectivity index (χ1n) is 6.59. The van der Waals surface area contributed by atoms with Gasteiger partial charge in [-0.15, -0.1) is 0 Å². The highest BCUT2D eigenvalue weighted by Crippen LogP contribution is 2.37. The van der Waals surface area contributed by atoms with Crippen molar-refractivity contribution in [3.63, 3.8) is 0 Å². The second-order valence-electron chi connectivity index (χ2n) is 5.13. The van der Waals surface area contributed by atoms with Crippen LogP contribution < -0.4 is 11.0 Å². The van der Waals surface area contributed by atoms with E-state index in [1.807, 2.05) is 0 Å². The molecular weight excluding hydrogens is 351 g/mol. The first kappa shape index (κ1) is 14.6. The Morgan fingerprint density at radius 2 is 1.90 bits per heavy atom. The van der Waals surface area contributed by atoms with Crippen LogP contribution in [0.1, 0.15) is 24.4 Å². The summed E-state index contributed by atoms with van der Waals surface area (Å²) in [6, 6.07) is 2.37. The Balaban J connectivity index is 2.17. The first-order chi connectivity index (χ1) is 9.88. The smallest absolute Gasteiger partial charge is 0.317 e. The summed E-state index contributed by atoms with van der Waals surface area (Å²) in [4.78, 5) is 14.6. The molecule has 0 aliphatic carbocycles. The van der Waals surface area contributed by atoms with Gasteiger partial charge >= 0.3 is 11.9 Å². The maximum Gasteiger partial charge on any atom is 0.417 e. The van der Waals surface area contributed by atoms with Crippen LogP contribution in [0, 0.1) is 0 Å². The lowest BCUT2D eigenvalue weighted by Gasteiger charge is -2.24. The van der Waals surface area contributed by atoms with Crippen LogP contribution in [0.3, 0.4) is 0 Å². The molecule has 21 heavy (non-hydrogen) atoms. The van der Waals surface area contributed by atoms with E-state index in [0.29, 0.717) is 5.52 Å². The molecule has 1 saturated heterocycles. The summed E-state index contributed by atoms with van der Waals surface area (Å²) in [6.45, 7) is 1.59. The molecule has 1 fully saturated rings. The summed E-state index contributed by atoms with van der Waals surface area (Å²) in [6.07, 6.45) is -2.89. The van der Waals surface area contributed by atoms with E-state index in [4.69, 9.17) is 0 Å². The molecule has 1 aromatic heterocycles. The number of aromatic amines is 1. The molecule has 3 rings (SSSR count). The number of rotatable bonds is 1. The molecule has 2 aromatic rings. The van der Waals surface area contributed by atoms with Gasteiger partial charge in [0.25, 0.3) is 0 Å². The van der Waals surface area contributed by atoms with Gasteiger partial charge in [-0.25, -0.2) is 4.79 Å². The highest BCUT2D eigenvalue weighted by atomic mass is 79.9. The Hall–Kier alpha value is -1.28. The van der Waals surface area contributed by atoms with Crippen molar-refractivity contribution in [3.8, 4) is 0 Å². The molecule has 1 aromatic carbocycles. The molecule has 2 N–H and O–H groups in total. The monoisotopic (exact) mass is 363 g/mol. The molecule has 0 unspecified atom stereocenters. The summed E-state index contributed by atoms with van der Waals surface area (Å²) >= 11 is 2.96. The normalized spacial score (nSPS) is 17.5. The number of halogens is 4. The fourth-order valence-corrected chi connectivity index (χ4v) is 3.35. The zero-order valence-electron chi connectivity index (χ0n) is 10.9. The number of piperidine rings is 1. The highest BCUT2D eigenvalue weighted by molar-refractivity contribution is 9.10. The average Bonchev–Trinajstić information content (AvgIpc) is 2.73. The van der Waals surface area contributed by atoms with Crippen molar-refractivity contribution >= 4 is 27.0 Å². The van der Waals surface area contributed by atoms with Gasteiger partial charge in [-0.1, -0.05) is 15.9 Å². The third-order valence-electron chi connectivity index (χ3n) is 3.78. The van der Waals surface area contributed by atoms with Gasteiger partial charge in [0, 0.05) is 10.5 Å². The molecule has 0 amide bonds. The zero-order chi connectivity index (χ0) is 15.2. The average molecular weight is 364 g/mol. The standard InChI is InChI=1S/C13H13BrF3N3O/c14-9-6-11-10(5-8(9)13(15,16)17)19-12(21)20(11)7-1-3-18-4-2-7/h5-7,18H,1-4H2,(H,19,21). The van der Waals surface area contributed by atoms with Crippen molar-refractivity contribution in [2.45, 2.75) is 25.1 Å². The Bertz CT molecular complexity index is 729. The van der Waals surface area contributed by atoms with Crippen molar-refractivity contribution in [2.24, 2.45) is 0 Å². The number of H-pyrrole nitrogens is 1. The molecule has 114 valence electrons. The predicted octanol–water partition coefficient (Wildman–Crippen LogP) is 3.04. The molecule has 1 aliphatic heterocycles. The number of hydrogen-bond acceptors (Lipinski definition) is 2. The lowest BCUT2D eigenvalue weighted by Crippen LogP contribution is -2.33. The van der Waals surface area contributed by atoms with E-state index in [1.165, 1.54) is 6.07 Å². The Morgan fingerprint density at radius 1 is 1.24 bits per heavy atom. The Labute approximate surface area is 126 Å². The first-order valence-corrected chi connectivity index (χ1v) is 7.39. The predicted molar refractivity (Wildman–Crippen MR) is 76.4 cm³/mol. The highest BCUT2D eigenvalue weighted by Gasteiger charge is 2.34. The van der Waals surface area contributed by atoms with E-state index in [9.17, 15) is 18.0 Å². The van der Waals surface area contributed by atoms with Gasteiger partial charge in [0.05, 0.1) is 16.6 Å². The minimum Gasteiger partial charge on any atom is -0.317 e. The van der Waals surface area contributed by atoms with Crippen LogP contribution in [0.15, 0.2) is 21.4 Å². The second kappa shape index (κ2) is 5.17. The van der Waals surface area contributed by atoms with E-state index in [-0.39, 0.29) is 21.7 Å². The van der Waals surface area contributed by atoms with Crippen molar-refractivity contribution in [1.82, 2.24) is 14.9 Å². The molecule has 4 nitrogen and oxygen atoms in total. The quantitative estimate of drug-likeness (QED) is 0.818. The van der Waals surface area contributed by atoms with Crippen LogP contribution in [0.4, 0.5) is 13.2 Å². The summed E-state index contributed by atoms with van der Waals surface area (Å²) < 4.78 is 40.2. The number of fused-ring (bicyclic) bond motifs is 1. The minimum atomic E-state index is -4.46. The van der Waals surface area contributed by atoms with Gasteiger partial charge in [0.15, 0.2) is 0 Å². The third-order valence-corrected chi connectivity index (χ3v) is 4.44. The summed E-state index contributed by atoms with van der Waals surface area (Å²) in [7, 11) is 0. The van der Waals surface area contributed by atoms with Gasteiger partial charge < -0.3 is 10.3 Å². The maximum atomic E-state index is 12.9. The molecule has 0 radical (unpaired) electrons. The van der Waals surface area contributed by atoms with Gasteiger partial charge in [-0.3, -0.25) is 4.57 Å². The van der Waals surface area contributed by atoms with Gasteiger partial charge in [-0.05, 0) is 38.1 Å². The molecular formula is C13H13BrF3N3O. The lowest BCUT2D eigenvalue weighted by atomic mass is 10.1. The molecule has 1 aliphatic rings. The van der Waals surface area contributed by atoms with E-state index >= 15 is 0 Å². The summed E-state index contributed by atoms with van der Waals surface area (Å²) in [5, 5.41) is 3.20. The fraction of sp³-hybridized carbons (Fsp3) is 0.462. The Morgan fingerprint density at radius 3 is 2.52 bits per heavy atom. The van der Waals surface area contributed by atoms with Crippen LogP contribution in [-0.4, -0.2) is 22.6 Å². The van der Waals surface area contributed by atoms with Gasteiger partial charge in [0.1, 0.15) is 0 Å². The van der Waals surface area contributed by atoms with Crippen molar-refractivity contribution < 1.29 is 13.2 Å². The van der Waals surface area contributed by atoms with Crippen LogP contribution in [0.25, 0.3) is 11.0 Å². The number of benzene rings is 1. The summed E-state index contributed by atoms with van der Waals surface area (Å²) in [5.74, 6) is 0. The lowest BCUT2D eigenvalue weighted by molar-refractivity contribution is -0.138. The number of nitrogens with zero attached hydrogens (tertiary/aromatic N) is 1. The molecule has 0 bridgehead atoms. The van der Waals surface area contributed by atoms with Crippen molar-refractivity contribution in [2.75, 3.05) is 13.1 Å². The van der Waals surface area contributed by atoms with Crippen LogP contribution in [-0.2, 0) is 6.18 Å². The molecule has 0 atom stereocenters. The van der Waals surface area contributed by atoms with E-state index in [0.717, 1.165) is 32.0 Å². The van der Waals surface area contributed by atoms with Gasteiger partial charge in [-0.2, -0.15) is 13.2 Å². The van der Waals surface area contributed by atoms with Crippen LogP contribution in [0.5, 0.6) is 0 Å². The van der Waals surface area contributed by atoms with E-state index in [1.54, 1.807) is 4.57 Å². The molecule has 8 heteroatoms. The molecule has 2 heterocycles. The number of imidazole rings is 1. The van der Waals surface area contributed by atoms with Crippen molar-refractivity contribution in [3.05, 3.63) is 32.7 Å². The molecule has 0 saturated carbocycles. The topological polar surface area (TPSA) is 49.8 Å². The van der Waals surface area contributed by atoms with E-state index < -0.39 is 11.7 Å². The SMILES string of the molecule is O=c1[nH]c2cc(C(F)(F)F)c(Br)cc2n1C1CCNCC1. The minimum absolute atomic E-state index is 0.0103. The Kier molecular flexibility index (Phi) is 3.61. The molecule has 0 spiro atoms. The van der Waals surface area contributed by atoms with Gasteiger partial charge in [0.2, 0.25) is 0 Å². The van der Waals surface area contributed by atoms with Crippen LogP contribution in [0.2, 0.25) is 0 Å². The summed E-state index contributed by atoms with van der Waals surface area (Å²) in [5.41, 5.74) is -0.419. The van der Waals surface area contributed by atoms with Crippen LogP contribution >= 0.6 is 15.9 Å². The number of aromatic nitrogens is 2. The van der Waals surface area contributed by atoms with E-state index in [2.05, 4.69) is 26.2 Å². The third kappa shape index (κ3) is 2.62. The number of alkyl halides is 3. The second-order valence-corrected chi connectivity index (χ2v) is 5.98. The maximum absolute atomic E-state index is 12.9. The van der Waals surface area contributed by atoms with Crippen molar-refractivity contribution in [1.29, 1.82) is 0 Å². The number of nitrogens with one attached hydrogen (secondary N) is 2. The number of hydrogen-bond donors (Lipinski definition) is 2. The zero-order valence-corrected chi connectivity index (χ0v) is 12.5.